The number of benzene rings is 2. The molecule has 4 rings (SSSR count). The third kappa shape index (κ3) is 4.78. The van der Waals surface area contributed by atoms with E-state index in [1.54, 1.807) is 16.3 Å². The van der Waals surface area contributed by atoms with Gasteiger partial charge in [0.1, 0.15) is 0 Å². The summed E-state index contributed by atoms with van der Waals surface area (Å²) in [6, 6.07) is 19.8. The van der Waals surface area contributed by atoms with Gasteiger partial charge in [0, 0.05) is 21.2 Å². The van der Waals surface area contributed by atoms with E-state index < -0.39 is 0 Å². The molecule has 8 heteroatoms. The van der Waals surface area contributed by atoms with Gasteiger partial charge in [-0.2, -0.15) is 4.98 Å². The number of carbonyl (C=O) groups excluding carboxylic acids is 1. The lowest BCUT2D eigenvalue weighted by Crippen LogP contribution is -2.14. The minimum absolute atomic E-state index is 0.101. The van der Waals surface area contributed by atoms with Gasteiger partial charge in [0.25, 0.3) is 5.78 Å². The van der Waals surface area contributed by atoms with Crippen LogP contribution >= 0.6 is 23.5 Å². The summed E-state index contributed by atoms with van der Waals surface area (Å²) in [6.07, 6.45) is 0. The zero-order valence-corrected chi connectivity index (χ0v) is 17.6. The van der Waals surface area contributed by atoms with Gasteiger partial charge < -0.3 is 5.32 Å². The van der Waals surface area contributed by atoms with Gasteiger partial charge in [-0.1, -0.05) is 53.9 Å². The molecule has 2 aromatic carbocycles. The zero-order chi connectivity index (χ0) is 20.2. The van der Waals surface area contributed by atoms with Crippen molar-refractivity contribution in [2.45, 2.75) is 28.8 Å². The third-order valence-corrected chi connectivity index (χ3v) is 5.98. The summed E-state index contributed by atoms with van der Waals surface area (Å²) in [5.41, 5.74) is 2.65. The van der Waals surface area contributed by atoms with Crippen molar-refractivity contribution in [3.8, 4) is 0 Å². The van der Waals surface area contributed by atoms with Crippen LogP contribution in [0.25, 0.3) is 5.78 Å². The van der Waals surface area contributed by atoms with E-state index in [-0.39, 0.29) is 11.7 Å². The fourth-order valence-corrected chi connectivity index (χ4v) is 4.34. The molecule has 0 fully saturated rings. The van der Waals surface area contributed by atoms with E-state index in [4.69, 9.17) is 0 Å². The number of amides is 1. The van der Waals surface area contributed by atoms with Crippen molar-refractivity contribution in [3.05, 3.63) is 72.1 Å². The Labute approximate surface area is 177 Å². The number of anilines is 1. The summed E-state index contributed by atoms with van der Waals surface area (Å²) < 4.78 is 1.69. The van der Waals surface area contributed by atoms with Crippen LogP contribution < -0.4 is 5.32 Å². The van der Waals surface area contributed by atoms with E-state index in [2.05, 4.69) is 20.4 Å². The number of rotatable bonds is 6. The van der Waals surface area contributed by atoms with Crippen LogP contribution in [-0.2, 0) is 4.79 Å². The third-order valence-electron chi connectivity index (χ3n) is 4.06. The second-order valence-electron chi connectivity index (χ2n) is 6.39. The maximum atomic E-state index is 12.5. The number of hydrogen-bond acceptors (Lipinski definition) is 6. The first-order valence-electron chi connectivity index (χ1n) is 9.04. The molecule has 0 atom stereocenters. The van der Waals surface area contributed by atoms with Crippen LogP contribution in [0, 0.1) is 13.8 Å². The summed E-state index contributed by atoms with van der Waals surface area (Å²) in [5.74, 6) is 0.671. The highest BCUT2D eigenvalue weighted by atomic mass is 32.2. The molecule has 4 aromatic rings. The van der Waals surface area contributed by atoms with Crippen molar-refractivity contribution >= 4 is 40.9 Å². The molecule has 0 unspecified atom stereocenters. The van der Waals surface area contributed by atoms with Crippen LogP contribution in [0.1, 0.15) is 11.4 Å². The molecule has 0 aliphatic rings. The Morgan fingerprint density at radius 1 is 1.03 bits per heavy atom. The lowest BCUT2D eigenvalue weighted by molar-refractivity contribution is -0.113. The monoisotopic (exact) mass is 421 g/mol. The summed E-state index contributed by atoms with van der Waals surface area (Å²) in [6.45, 7) is 3.88. The number of nitrogens with one attached hydrogen (secondary N) is 1. The highest BCUT2D eigenvalue weighted by molar-refractivity contribution is 8.00. The van der Waals surface area contributed by atoms with Crippen molar-refractivity contribution in [2.75, 3.05) is 11.1 Å². The number of hydrogen-bond donors (Lipinski definition) is 1. The number of thioether (sulfide) groups is 1. The van der Waals surface area contributed by atoms with Gasteiger partial charge in [-0.15, -0.1) is 5.10 Å². The fourth-order valence-electron chi connectivity index (χ4n) is 2.80. The van der Waals surface area contributed by atoms with Crippen molar-refractivity contribution < 1.29 is 4.79 Å². The summed E-state index contributed by atoms with van der Waals surface area (Å²) in [4.78, 5) is 23.4. The molecule has 0 aliphatic heterocycles. The van der Waals surface area contributed by atoms with Crippen molar-refractivity contribution in [3.63, 3.8) is 0 Å². The number of fused-ring (bicyclic) bond motifs is 1. The van der Waals surface area contributed by atoms with Crippen molar-refractivity contribution in [1.82, 2.24) is 19.6 Å². The number of nitrogens with zero attached hydrogens (tertiary/aromatic N) is 4. The highest BCUT2D eigenvalue weighted by Gasteiger charge is 2.12. The maximum absolute atomic E-state index is 12.5. The Bertz CT molecular complexity index is 1160. The van der Waals surface area contributed by atoms with Crippen LogP contribution in [0.2, 0.25) is 0 Å². The molecule has 0 bridgehead atoms. The standard InChI is InChI=1S/C21H19N5OS2/c1-14-12-15(2)26-20(22-14)24-21(25-26)28-13-19(27)23-17-10-6-7-11-18(17)29-16-8-4-3-5-9-16/h3-12H,13H2,1-2H3,(H,23,27). The van der Waals surface area contributed by atoms with E-state index in [0.29, 0.717) is 10.9 Å². The number of aryl methyl sites for hydroxylation is 2. The van der Waals surface area contributed by atoms with E-state index >= 15 is 0 Å². The molecule has 2 heterocycles. The van der Waals surface area contributed by atoms with Crippen LogP contribution in [0.5, 0.6) is 0 Å². The average Bonchev–Trinajstić information content (AvgIpc) is 3.12. The first-order chi connectivity index (χ1) is 14.1. The highest BCUT2D eigenvalue weighted by Crippen LogP contribution is 2.33. The summed E-state index contributed by atoms with van der Waals surface area (Å²) >= 11 is 2.91. The van der Waals surface area contributed by atoms with Gasteiger partial charge in [-0.05, 0) is 44.2 Å². The molecule has 1 amide bonds. The van der Waals surface area contributed by atoms with Crippen LogP contribution in [0.4, 0.5) is 5.69 Å². The molecule has 0 saturated carbocycles. The Hall–Kier alpha value is -2.84. The smallest absolute Gasteiger partial charge is 0.253 e. The Morgan fingerprint density at radius 3 is 2.62 bits per heavy atom. The second kappa shape index (κ2) is 8.67. The summed E-state index contributed by atoms with van der Waals surface area (Å²) in [5, 5.41) is 7.96. The number of para-hydroxylation sites is 1. The normalized spacial score (nSPS) is 11.0. The molecule has 0 spiro atoms. The van der Waals surface area contributed by atoms with Crippen LogP contribution in [0.3, 0.4) is 0 Å². The molecule has 6 nitrogen and oxygen atoms in total. The van der Waals surface area contributed by atoms with Gasteiger partial charge >= 0.3 is 0 Å². The predicted molar refractivity (Wildman–Crippen MR) is 117 cm³/mol. The van der Waals surface area contributed by atoms with Crippen LogP contribution in [-0.4, -0.2) is 31.2 Å². The largest absolute Gasteiger partial charge is 0.324 e. The molecular formula is C21H19N5OS2. The lowest BCUT2D eigenvalue weighted by atomic mass is 10.3. The first-order valence-corrected chi connectivity index (χ1v) is 10.8. The predicted octanol–water partition coefficient (Wildman–Crippen LogP) is 4.62. The topological polar surface area (TPSA) is 72.2 Å². The molecule has 2 aromatic heterocycles. The average molecular weight is 422 g/mol. The van der Waals surface area contributed by atoms with E-state index in [0.717, 1.165) is 26.9 Å². The Balaban J connectivity index is 1.42. The number of carbonyl (C=O) groups is 1. The minimum Gasteiger partial charge on any atom is -0.324 e. The number of aromatic nitrogens is 4. The molecule has 29 heavy (non-hydrogen) atoms. The summed E-state index contributed by atoms with van der Waals surface area (Å²) in [7, 11) is 0. The quantitative estimate of drug-likeness (QED) is 0.458. The van der Waals surface area contributed by atoms with E-state index in [1.807, 2.05) is 74.5 Å². The lowest BCUT2D eigenvalue weighted by Gasteiger charge is -2.10. The van der Waals surface area contributed by atoms with Gasteiger partial charge in [0.05, 0.1) is 11.4 Å². The Morgan fingerprint density at radius 2 is 1.79 bits per heavy atom. The van der Waals surface area contributed by atoms with Crippen molar-refractivity contribution in [1.29, 1.82) is 0 Å². The van der Waals surface area contributed by atoms with E-state index in [1.165, 1.54) is 11.8 Å². The zero-order valence-electron chi connectivity index (χ0n) is 16.0. The minimum atomic E-state index is -0.101. The molecule has 0 aliphatic carbocycles. The van der Waals surface area contributed by atoms with Gasteiger partial charge in [0.15, 0.2) is 0 Å². The second-order valence-corrected chi connectivity index (χ2v) is 8.45. The molecule has 146 valence electrons. The molecule has 0 saturated heterocycles. The fraction of sp³-hybridized carbons (Fsp3) is 0.143. The van der Waals surface area contributed by atoms with Crippen molar-refractivity contribution in [2.24, 2.45) is 0 Å². The molecule has 1 N–H and O–H groups in total. The SMILES string of the molecule is Cc1cc(C)n2nc(SCC(=O)Nc3ccccc3Sc3ccccc3)nc2n1. The Kier molecular flexibility index (Phi) is 5.82. The molecule has 0 radical (unpaired) electrons. The van der Waals surface area contributed by atoms with Crippen LogP contribution in [0.15, 0.2) is 75.6 Å². The molecular weight excluding hydrogens is 402 g/mol. The maximum Gasteiger partial charge on any atom is 0.253 e. The van der Waals surface area contributed by atoms with Gasteiger partial charge in [-0.25, -0.2) is 9.50 Å². The first kappa shape index (κ1) is 19.5. The van der Waals surface area contributed by atoms with Gasteiger partial charge in [-0.3, -0.25) is 4.79 Å². The van der Waals surface area contributed by atoms with Gasteiger partial charge in [0.2, 0.25) is 11.1 Å². The van der Waals surface area contributed by atoms with E-state index in [9.17, 15) is 4.79 Å².